The minimum atomic E-state index is 0.128. The summed E-state index contributed by atoms with van der Waals surface area (Å²) in [5.41, 5.74) is 3.12. The van der Waals surface area contributed by atoms with Crippen LogP contribution in [0.25, 0.3) is 10.2 Å². The van der Waals surface area contributed by atoms with E-state index in [0.29, 0.717) is 23.8 Å². The number of nitriles is 1. The lowest BCUT2D eigenvalue weighted by Gasteiger charge is -2.14. The van der Waals surface area contributed by atoms with Crippen LogP contribution in [0, 0.1) is 17.2 Å². The van der Waals surface area contributed by atoms with Gasteiger partial charge in [0, 0.05) is 17.2 Å². The van der Waals surface area contributed by atoms with Gasteiger partial charge in [-0.05, 0) is 61.3 Å². The Bertz CT molecular complexity index is 1140. The second kappa shape index (κ2) is 8.73. The molecule has 2 heterocycles. The van der Waals surface area contributed by atoms with Gasteiger partial charge in [0.05, 0.1) is 17.0 Å². The van der Waals surface area contributed by atoms with E-state index in [0.717, 1.165) is 46.6 Å². The van der Waals surface area contributed by atoms with E-state index in [-0.39, 0.29) is 5.56 Å². The van der Waals surface area contributed by atoms with Crippen LogP contribution in [0.15, 0.2) is 34.2 Å². The van der Waals surface area contributed by atoms with E-state index in [9.17, 15) is 4.79 Å². The third-order valence-corrected chi connectivity index (χ3v) is 7.63. The summed E-state index contributed by atoms with van der Waals surface area (Å²) in [6.07, 6.45) is 5.40. The van der Waals surface area contributed by atoms with E-state index in [1.807, 2.05) is 28.8 Å². The summed E-state index contributed by atoms with van der Waals surface area (Å²) in [6.45, 7) is 5.07. The van der Waals surface area contributed by atoms with Gasteiger partial charge >= 0.3 is 0 Å². The lowest BCUT2D eigenvalue weighted by Crippen LogP contribution is -2.24. The second-order valence-electron chi connectivity index (χ2n) is 8.03. The number of hydrogen-bond acceptors (Lipinski definition) is 5. The normalized spacial score (nSPS) is 13.6. The molecule has 0 radical (unpaired) electrons. The number of aryl methyl sites for hydroxylation is 2. The molecule has 0 aliphatic heterocycles. The molecule has 0 spiro atoms. The van der Waals surface area contributed by atoms with Crippen LogP contribution in [0.2, 0.25) is 0 Å². The highest BCUT2D eigenvalue weighted by atomic mass is 32.2. The van der Waals surface area contributed by atoms with Crippen molar-refractivity contribution < 1.29 is 0 Å². The van der Waals surface area contributed by atoms with E-state index in [1.165, 1.54) is 16.9 Å². The summed E-state index contributed by atoms with van der Waals surface area (Å²) in [6, 6.07) is 9.84. The highest BCUT2D eigenvalue weighted by Gasteiger charge is 2.22. The molecule has 0 bridgehead atoms. The van der Waals surface area contributed by atoms with Crippen molar-refractivity contribution in [3.63, 3.8) is 0 Å². The lowest BCUT2D eigenvalue weighted by atomic mass is 9.97. The van der Waals surface area contributed by atoms with Crippen molar-refractivity contribution in [1.82, 2.24) is 9.55 Å². The summed E-state index contributed by atoms with van der Waals surface area (Å²) in [5, 5.41) is 10.8. The quantitative estimate of drug-likeness (QED) is 0.385. The Kier molecular flexibility index (Phi) is 6.07. The van der Waals surface area contributed by atoms with Gasteiger partial charge in [-0.3, -0.25) is 9.36 Å². The molecule has 6 heteroatoms. The van der Waals surface area contributed by atoms with E-state index in [4.69, 9.17) is 10.2 Å². The van der Waals surface area contributed by atoms with Crippen molar-refractivity contribution in [2.45, 2.75) is 63.4 Å². The highest BCUT2D eigenvalue weighted by Crippen LogP contribution is 2.35. The van der Waals surface area contributed by atoms with Crippen LogP contribution in [0.4, 0.5) is 0 Å². The van der Waals surface area contributed by atoms with Crippen molar-refractivity contribution in [1.29, 1.82) is 5.26 Å². The maximum absolute atomic E-state index is 13.5. The molecule has 4 nitrogen and oxygen atoms in total. The largest absolute Gasteiger partial charge is 0.287 e. The number of fused-ring (bicyclic) bond motifs is 3. The molecule has 0 atom stereocenters. The van der Waals surface area contributed by atoms with Gasteiger partial charge in [-0.15, -0.1) is 11.3 Å². The zero-order valence-corrected chi connectivity index (χ0v) is 18.5. The fourth-order valence-electron chi connectivity index (χ4n) is 3.79. The fraction of sp³-hybridized carbons (Fsp3) is 0.435. The number of thioether (sulfide) groups is 1. The van der Waals surface area contributed by atoms with Crippen molar-refractivity contribution in [3.05, 3.63) is 56.2 Å². The van der Waals surface area contributed by atoms with Crippen LogP contribution in [0.3, 0.4) is 0 Å². The molecule has 3 aromatic rings. The molecule has 29 heavy (non-hydrogen) atoms. The Morgan fingerprint density at radius 2 is 2.14 bits per heavy atom. The van der Waals surface area contributed by atoms with Crippen LogP contribution < -0.4 is 5.56 Å². The molecule has 0 N–H and O–H groups in total. The standard InChI is InChI=1S/C23H25N3OS2/c1-15(2)10-11-26-22(27)20-18-8-3-4-9-19(18)29-21(20)25-23(26)28-14-17-7-5-6-16(12-17)13-24/h5-7,12,15H,3-4,8-11,14H2,1-2H3. The molecule has 150 valence electrons. The molecule has 0 fully saturated rings. The van der Waals surface area contributed by atoms with E-state index >= 15 is 0 Å². The summed E-state index contributed by atoms with van der Waals surface area (Å²) >= 11 is 3.30. The van der Waals surface area contributed by atoms with E-state index < -0.39 is 0 Å². The Balaban J connectivity index is 1.73. The highest BCUT2D eigenvalue weighted by molar-refractivity contribution is 7.98. The average molecular weight is 424 g/mol. The van der Waals surface area contributed by atoms with Gasteiger partial charge in [0.15, 0.2) is 5.16 Å². The van der Waals surface area contributed by atoms with Crippen molar-refractivity contribution in [2.24, 2.45) is 5.92 Å². The third kappa shape index (κ3) is 4.26. The first kappa shape index (κ1) is 20.2. The number of benzene rings is 1. The molecule has 4 rings (SSSR count). The number of rotatable bonds is 6. The first-order valence-electron chi connectivity index (χ1n) is 10.2. The Labute approximate surface area is 179 Å². The molecular formula is C23H25N3OS2. The van der Waals surface area contributed by atoms with Crippen molar-refractivity contribution in [3.8, 4) is 6.07 Å². The predicted molar refractivity (Wildman–Crippen MR) is 121 cm³/mol. The van der Waals surface area contributed by atoms with Crippen LogP contribution in [-0.2, 0) is 25.1 Å². The minimum Gasteiger partial charge on any atom is -0.287 e. The summed E-state index contributed by atoms with van der Waals surface area (Å²) in [7, 11) is 0. The molecule has 1 aliphatic carbocycles. The van der Waals surface area contributed by atoms with Crippen LogP contribution in [0.5, 0.6) is 0 Å². The van der Waals surface area contributed by atoms with Crippen LogP contribution in [-0.4, -0.2) is 9.55 Å². The summed E-state index contributed by atoms with van der Waals surface area (Å²) < 4.78 is 1.89. The first-order chi connectivity index (χ1) is 14.1. The summed E-state index contributed by atoms with van der Waals surface area (Å²) in [4.78, 5) is 20.7. The molecule has 0 saturated carbocycles. The monoisotopic (exact) mass is 423 g/mol. The number of nitrogens with zero attached hydrogens (tertiary/aromatic N) is 3. The Morgan fingerprint density at radius 1 is 1.31 bits per heavy atom. The maximum atomic E-state index is 13.5. The van der Waals surface area contributed by atoms with Gasteiger partial charge in [-0.1, -0.05) is 37.7 Å². The first-order valence-corrected chi connectivity index (χ1v) is 12.0. The molecule has 1 aromatic carbocycles. The van der Waals surface area contributed by atoms with Crippen LogP contribution >= 0.6 is 23.1 Å². The number of thiophene rings is 1. The van der Waals surface area contributed by atoms with Gasteiger partial charge in [-0.2, -0.15) is 5.26 Å². The summed E-state index contributed by atoms with van der Waals surface area (Å²) in [5.74, 6) is 1.22. The molecular weight excluding hydrogens is 398 g/mol. The second-order valence-corrected chi connectivity index (χ2v) is 10.1. The zero-order valence-electron chi connectivity index (χ0n) is 16.9. The SMILES string of the molecule is CC(C)CCn1c(SCc2cccc(C#N)c2)nc2sc3c(c2c1=O)CCCC3. The van der Waals surface area contributed by atoms with Crippen LogP contribution in [0.1, 0.15) is 54.7 Å². The number of hydrogen-bond donors (Lipinski definition) is 0. The topological polar surface area (TPSA) is 58.7 Å². The zero-order chi connectivity index (χ0) is 20.4. The van der Waals surface area contributed by atoms with Gasteiger partial charge in [0.1, 0.15) is 4.83 Å². The Morgan fingerprint density at radius 3 is 2.93 bits per heavy atom. The molecule has 2 aromatic heterocycles. The lowest BCUT2D eigenvalue weighted by molar-refractivity contribution is 0.481. The predicted octanol–water partition coefficient (Wildman–Crippen LogP) is 5.55. The van der Waals surface area contributed by atoms with Gasteiger partial charge in [0.2, 0.25) is 0 Å². The van der Waals surface area contributed by atoms with E-state index in [2.05, 4.69) is 19.9 Å². The molecule has 0 saturated heterocycles. The van der Waals surface area contributed by atoms with Crippen molar-refractivity contribution >= 4 is 33.3 Å². The van der Waals surface area contributed by atoms with Gasteiger partial charge < -0.3 is 0 Å². The fourth-order valence-corrected chi connectivity index (χ4v) is 6.06. The molecule has 0 unspecified atom stereocenters. The third-order valence-electron chi connectivity index (χ3n) is 5.39. The Hall–Kier alpha value is -2.10. The minimum absolute atomic E-state index is 0.128. The average Bonchev–Trinajstić information content (AvgIpc) is 3.10. The van der Waals surface area contributed by atoms with Gasteiger partial charge in [0.25, 0.3) is 5.56 Å². The van der Waals surface area contributed by atoms with Crippen molar-refractivity contribution in [2.75, 3.05) is 0 Å². The maximum Gasteiger partial charge on any atom is 0.263 e. The number of aromatic nitrogens is 2. The smallest absolute Gasteiger partial charge is 0.263 e. The van der Waals surface area contributed by atoms with Gasteiger partial charge in [-0.25, -0.2) is 4.98 Å². The molecule has 0 amide bonds. The van der Waals surface area contributed by atoms with E-state index in [1.54, 1.807) is 23.1 Å². The molecule has 1 aliphatic rings.